The van der Waals surface area contributed by atoms with Crippen LogP contribution >= 0.6 is 0 Å². The Hall–Kier alpha value is -3.81. The third kappa shape index (κ3) is 2.84. The number of carbonyl (C=O) groups is 1. The number of aromatic hydroxyl groups is 1. The van der Waals surface area contributed by atoms with Crippen molar-refractivity contribution < 1.29 is 18.7 Å². The van der Waals surface area contributed by atoms with E-state index in [0.717, 1.165) is 12.1 Å². The summed E-state index contributed by atoms with van der Waals surface area (Å²) in [4.78, 5) is 15.7. The summed E-state index contributed by atoms with van der Waals surface area (Å²) in [6.07, 6.45) is 0. The molecule has 0 saturated heterocycles. The number of amides is 1. The molecular formula is C20H14F2N4O2. The fraction of sp³-hybridized carbons (Fsp3) is 0.0500. The summed E-state index contributed by atoms with van der Waals surface area (Å²) in [5.41, 5.74) is 7.71. The van der Waals surface area contributed by atoms with E-state index in [9.17, 15) is 18.7 Å². The van der Waals surface area contributed by atoms with Gasteiger partial charge in [-0.15, -0.1) is 0 Å². The van der Waals surface area contributed by atoms with E-state index in [1.54, 1.807) is 31.2 Å². The minimum atomic E-state index is -0.754. The molecule has 0 aliphatic carbocycles. The van der Waals surface area contributed by atoms with Crippen molar-refractivity contribution in [2.24, 2.45) is 5.73 Å². The van der Waals surface area contributed by atoms with Crippen LogP contribution in [0.15, 0.2) is 48.5 Å². The van der Waals surface area contributed by atoms with Gasteiger partial charge in [0.25, 0.3) is 0 Å². The zero-order valence-corrected chi connectivity index (χ0v) is 14.6. The Morgan fingerprint density at radius 3 is 2.46 bits per heavy atom. The van der Waals surface area contributed by atoms with Gasteiger partial charge in [0.05, 0.1) is 17.0 Å². The van der Waals surface area contributed by atoms with Crippen LogP contribution in [0.25, 0.3) is 28.0 Å². The Kier molecular flexibility index (Phi) is 4.03. The fourth-order valence-electron chi connectivity index (χ4n) is 3.07. The first-order valence-corrected chi connectivity index (χ1v) is 8.30. The SMILES string of the molecule is Cc1nn2c(O)cc(-c3ccc(C(N)=O)cc3)nc2c1-c1ccc(F)cc1F. The summed E-state index contributed by atoms with van der Waals surface area (Å²) in [6.45, 7) is 1.65. The van der Waals surface area contributed by atoms with Crippen molar-refractivity contribution in [1.29, 1.82) is 0 Å². The highest BCUT2D eigenvalue weighted by atomic mass is 19.1. The largest absolute Gasteiger partial charge is 0.493 e. The number of aromatic nitrogens is 3. The van der Waals surface area contributed by atoms with Crippen molar-refractivity contribution in [2.75, 3.05) is 0 Å². The zero-order valence-electron chi connectivity index (χ0n) is 14.6. The van der Waals surface area contributed by atoms with E-state index in [1.807, 2.05) is 0 Å². The van der Waals surface area contributed by atoms with E-state index in [0.29, 0.717) is 28.1 Å². The lowest BCUT2D eigenvalue weighted by Crippen LogP contribution is -2.10. The summed E-state index contributed by atoms with van der Waals surface area (Å²) in [7, 11) is 0. The predicted molar refractivity (Wildman–Crippen MR) is 98.7 cm³/mol. The van der Waals surface area contributed by atoms with Gasteiger partial charge in [-0.2, -0.15) is 9.61 Å². The molecule has 0 aliphatic heterocycles. The van der Waals surface area contributed by atoms with Gasteiger partial charge in [-0.3, -0.25) is 4.79 Å². The molecule has 8 heteroatoms. The Bertz CT molecular complexity index is 1230. The molecule has 4 aromatic rings. The van der Waals surface area contributed by atoms with Crippen LogP contribution in [0.1, 0.15) is 16.1 Å². The Balaban J connectivity index is 1.93. The molecule has 0 saturated carbocycles. The van der Waals surface area contributed by atoms with Crippen molar-refractivity contribution in [3.63, 3.8) is 0 Å². The van der Waals surface area contributed by atoms with Crippen LogP contribution in [0.5, 0.6) is 5.88 Å². The second-order valence-corrected chi connectivity index (χ2v) is 6.26. The van der Waals surface area contributed by atoms with E-state index in [1.165, 1.54) is 16.6 Å². The summed E-state index contributed by atoms with van der Waals surface area (Å²) < 4.78 is 28.8. The standard InChI is InChI=1S/C20H14F2N4O2/c1-10-18(14-7-6-13(21)8-15(14)22)20-24-16(9-17(27)26(20)25-10)11-2-4-12(5-3-11)19(23)28/h2-9,27H,1H3,(H2,23,28). The van der Waals surface area contributed by atoms with Crippen molar-refractivity contribution in [1.82, 2.24) is 14.6 Å². The number of benzene rings is 2. The number of hydrogen-bond acceptors (Lipinski definition) is 4. The number of nitrogens with two attached hydrogens (primary N) is 1. The number of fused-ring (bicyclic) bond motifs is 1. The first-order valence-electron chi connectivity index (χ1n) is 8.30. The van der Waals surface area contributed by atoms with E-state index in [-0.39, 0.29) is 17.1 Å². The Morgan fingerprint density at radius 2 is 1.82 bits per heavy atom. The van der Waals surface area contributed by atoms with Crippen LogP contribution in [-0.2, 0) is 0 Å². The van der Waals surface area contributed by atoms with Crippen molar-refractivity contribution in [3.05, 3.63) is 71.4 Å². The van der Waals surface area contributed by atoms with Gasteiger partial charge >= 0.3 is 0 Å². The average molecular weight is 380 g/mol. The first-order chi connectivity index (χ1) is 13.3. The Labute approximate surface area is 157 Å². The van der Waals surface area contributed by atoms with Gasteiger partial charge in [-0.05, 0) is 31.2 Å². The summed E-state index contributed by atoms with van der Waals surface area (Å²) >= 11 is 0. The first kappa shape index (κ1) is 17.6. The highest BCUT2D eigenvalue weighted by Crippen LogP contribution is 2.33. The number of aryl methyl sites for hydroxylation is 1. The van der Waals surface area contributed by atoms with E-state index in [4.69, 9.17) is 5.73 Å². The Morgan fingerprint density at radius 1 is 1.11 bits per heavy atom. The van der Waals surface area contributed by atoms with Gasteiger partial charge in [-0.25, -0.2) is 13.8 Å². The van der Waals surface area contributed by atoms with Crippen LogP contribution < -0.4 is 5.73 Å². The van der Waals surface area contributed by atoms with Crippen molar-refractivity contribution in [2.45, 2.75) is 6.92 Å². The number of nitrogens with zero attached hydrogens (tertiary/aromatic N) is 3. The second kappa shape index (κ2) is 6.41. The maximum absolute atomic E-state index is 14.4. The fourth-order valence-corrected chi connectivity index (χ4v) is 3.07. The molecular weight excluding hydrogens is 366 g/mol. The molecule has 0 unspecified atom stereocenters. The van der Waals surface area contributed by atoms with Crippen LogP contribution in [0, 0.1) is 18.6 Å². The third-order valence-electron chi connectivity index (χ3n) is 4.41. The lowest BCUT2D eigenvalue weighted by Gasteiger charge is -2.07. The third-order valence-corrected chi connectivity index (χ3v) is 4.41. The summed E-state index contributed by atoms with van der Waals surface area (Å²) in [5, 5.41) is 14.6. The number of primary amides is 1. The predicted octanol–water partition coefficient (Wildman–Crippen LogP) is 3.45. The topological polar surface area (TPSA) is 93.5 Å². The molecule has 2 aromatic carbocycles. The van der Waals surface area contributed by atoms with Gasteiger partial charge in [0.15, 0.2) is 5.65 Å². The molecule has 1 amide bonds. The monoisotopic (exact) mass is 380 g/mol. The lowest BCUT2D eigenvalue weighted by molar-refractivity contribution is 0.100. The maximum atomic E-state index is 14.4. The number of carbonyl (C=O) groups excluding carboxylic acids is 1. The lowest BCUT2D eigenvalue weighted by atomic mass is 10.0. The maximum Gasteiger partial charge on any atom is 0.248 e. The number of hydrogen-bond donors (Lipinski definition) is 2. The molecule has 0 radical (unpaired) electrons. The molecule has 0 fully saturated rings. The minimum Gasteiger partial charge on any atom is -0.493 e. The summed E-state index contributed by atoms with van der Waals surface area (Å²) in [5.74, 6) is -2.20. The molecule has 0 spiro atoms. The van der Waals surface area contributed by atoms with Crippen molar-refractivity contribution >= 4 is 11.6 Å². The van der Waals surface area contributed by atoms with E-state index in [2.05, 4.69) is 10.1 Å². The highest BCUT2D eigenvalue weighted by molar-refractivity contribution is 5.93. The number of rotatable bonds is 3. The molecule has 140 valence electrons. The van der Waals surface area contributed by atoms with Gasteiger partial charge in [0, 0.05) is 28.8 Å². The molecule has 0 atom stereocenters. The normalized spacial score (nSPS) is 11.1. The molecule has 0 bridgehead atoms. The molecule has 6 nitrogen and oxygen atoms in total. The van der Waals surface area contributed by atoms with Gasteiger partial charge < -0.3 is 10.8 Å². The summed E-state index contributed by atoms with van der Waals surface area (Å²) in [6, 6.07) is 11.0. The number of halogens is 2. The van der Waals surface area contributed by atoms with Gasteiger partial charge in [0.1, 0.15) is 11.6 Å². The highest BCUT2D eigenvalue weighted by Gasteiger charge is 2.20. The van der Waals surface area contributed by atoms with Crippen molar-refractivity contribution in [3.8, 4) is 28.3 Å². The molecule has 0 aliphatic rings. The minimum absolute atomic E-state index is 0.127. The van der Waals surface area contributed by atoms with Crippen LogP contribution in [0.2, 0.25) is 0 Å². The van der Waals surface area contributed by atoms with Gasteiger partial charge in [0.2, 0.25) is 11.8 Å². The zero-order chi connectivity index (χ0) is 20.0. The van der Waals surface area contributed by atoms with Gasteiger partial charge in [-0.1, -0.05) is 12.1 Å². The van der Waals surface area contributed by atoms with Crippen LogP contribution in [0.3, 0.4) is 0 Å². The van der Waals surface area contributed by atoms with E-state index < -0.39 is 17.5 Å². The molecule has 28 heavy (non-hydrogen) atoms. The molecule has 2 heterocycles. The molecule has 3 N–H and O–H groups in total. The van der Waals surface area contributed by atoms with Crippen LogP contribution in [0.4, 0.5) is 8.78 Å². The quantitative estimate of drug-likeness (QED) is 0.569. The smallest absolute Gasteiger partial charge is 0.248 e. The van der Waals surface area contributed by atoms with Crippen LogP contribution in [-0.4, -0.2) is 25.6 Å². The molecule has 4 rings (SSSR count). The second-order valence-electron chi connectivity index (χ2n) is 6.26. The average Bonchev–Trinajstić information content (AvgIpc) is 2.98. The molecule has 2 aromatic heterocycles. The van der Waals surface area contributed by atoms with E-state index >= 15 is 0 Å².